The Hall–Kier alpha value is -4.78. The van der Waals surface area contributed by atoms with E-state index in [1.807, 2.05) is 30.6 Å². The minimum absolute atomic E-state index is 0.317. The number of rotatable bonds is 8. The van der Waals surface area contributed by atoms with Crippen LogP contribution in [0.2, 0.25) is 0 Å². The fourth-order valence-electron chi connectivity index (χ4n) is 4.38. The second-order valence-electron chi connectivity index (χ2n) is 9.52. The summed E-state index contributed by atoms with van der Waals surface area (Å²) >= 11 is 0. The molecule has 0 unspecified atom stereocenters. The second-order valence-corrected chi connectivity index (χ2v) is 9.52. The van der Waals surface area contributed by atoms with Crippen molar-refractivity contribution in [2.75, 3.05) is 6.54 Å². The number of pyridine rings is 2. The normalized spacial score (nSPS) is 13.8. The highest BCUT2D eigenvalue weighted by atomic mass is 15.1. The maximum Gasteiger partial charge on any atom is 0.116 e. The molecule has 0 bridgehead atoms. The van der Waals surface area contributed by atoms with Crippen molar-refractivity contribution in [3.8, 4) is 11.4 Å². The molecule has 0 saturated heterocycles. The molecule has 1 aliphatic heterocycles. The summed E-state index contributed by atoms with van der Waals surface area (Å²) in [7, 11) is 0. The van der Waals surface area contributed by atoms with Crippen LogP contribution in [0.1, 0.15) is 36.4 Å². The van der Waals surface area contributed by atoms with Gasteiger partial charge in [0.1, 0.15) is 5.69 Å². The zero-order chi connectivity index (χ0) is 26.6. The third-order valence-corrected chi connectivity index (χ3v) is 6.54. The van der Waals surface area contributed by atoms with E-state index in [2.05, 4.69) is 88.7 Å². The van der Waals surface area contributed by atoms with Gasteiger partial charge in [-0.3, -0.25) is 20.1 Å². The Balaban J connectivity index is 1.53. The summed E-state index contributed by atoms with van der Waals surface area (Å²) in [5.74, 6) is 0.317. The molecule has 4 aromatic heterocycles. The number of aryl methyl sites for hydroxylation is 1. The molecule has 0 spiro atoms. The summed E-state index contributed by atoms with van der Waals surface area (Å²) in [6, 6.07) is 8.22. The van der Waals surface area contributed by atoms with Gasteiger partial charge in [0.2, 0.25) is 0 Å². The molecular formula is C31H31N7. The summed E-state index contributed by atoms with van der Waals surface area (Å²) in [6.07, 6.45) is 15.2. The molecule has 190 valence electrons. The predicted molar refractivity (Wildman–Crippen MR) is 156 cm³/mol. The van der Waals surface area contributed by atoms with E-state index in [0.29, 0.717) is 12.5 Å². The minimum atomic E-state index is 0.317. The van der Waals surface area contributed by atoms with E-state index < -0.39 is 0 Å². The van der Waals surface area contributed by atoms with Crippen LogP contribution in [0.3, 0.4) is 0 Å². The van der Waals surface area contributed by atoms with Crippen molar-refractivity contribution < 1.29 is 0 Å². The lowest BCUT2D eigenvalue weighted by atomic mass is 9.98. The summed E-state index contributed by atoms with van der Waals surface area (Å²) < 4.78 is 0. The fraction of sp³-hybridized carbons (Fsp3) is 0.161. The molecule has 7 heteroatoms. The number of fused-ring (bicyclic) bond motifs is 1. The standard InChI is InChI=1S/C31H31N7/c1-6-7-25(22-8-11-32-12-9-22)26-15-29(36-21(26)5)31-27-16-28(34-18-30(27)37-38-31)23-10-13-33-17-24(14-23)35-20(4)19(2)3/h6-12,14-19,35-36H,1,4,13H2,2-3,5H3,(H,37,38)/b25-7-. The Bertz CT molecular complexity index is 1630. The Morgan fingerprint density at radius 3 is 2.76 bits per heavy atom. The van der Waals surface area contributed by atoms with E-state index in [4.69, 9.17) is 4.98 Å². The molecule has 0 aromatic carbocycles. The van der Waals surface area contributed by atoms with E-state index in [9.17, 15) is 0 Å². The first-order chi connectivity index (χ1) is 18.4. The molecule has 0 aliphatic carbocycles. The number of nitrogens with one attached hydrogen (secondary N) is 3. The number of hydrogen-bond donors (Lipinski definition) is 3. The molecule has 5 heterocycles. The molecule has 0 saturated carbocycles. The third kappa shape index (κ3) is 5.04. The second kappa shape index (κ2) is 10.7. The van der Waals surface area contributed by atoms with Gasteiger partial charge in [-0.1, -0.05) is 45.2 Å². The summed E-state index contributed by atoms with van der Waals surface area (Å²) in [5.41, 5.74) is 10.6. The van der Waals surface area contributed by atoms with Crippen LogP contribution in [-0.2, 0) is 0 Å². The number of hydrogen-bond acceptors (Lipinski definition) is 5. The van der Waals surface area contributed by atoms with Gasteiger partial charge in [-0.15, -0.1) is 0 Å². The maximum atomic E-state index is 4.72. The lowest BCUT2D eigenvalue weighted by Gasteiger charge is -2.13. The van der Waals surface area contributed by atoms with E-state index in [1.54, 1.807) is 18.5 Å². The highest BCUT2D eigenvalue weighted by Crippen LogP contribution is 2.33. The Kier molecular flexibility index (Phi) is 7.00. The van der Waals surface area contributed by atoms with Crippen molar-refractivity contribution in [1.82, 2.24) is 30.5 Å². The molecule has 5 rings (SSSR count). The van der Waals surface area contributed by atoms with E-state index >= 15 is 0 Å². The van der Waals surface area contributed by atoms with Crippen LogP contribution in [0.25, 0.3) is 33.4 Å². The van der Waals surface area contributed by atoms with E-state index in [0.717, 1.165) is 67.3 Å². The zero-order valence-corrected chi connectivity index (χ0v) is 21.9. The Morgan fingerprint density at radius 2 is 2.00 bits per heavy atom. The molecule has 1 aliphatic rings. The van der Waals surface area contributed by atoms with Gasteiger partial charge in [-0.05, 0) is 54.3 Å². The van der Waals surface area contributed by atoms with Gasteiger partial charge in [0.25, 0.3) is 0 Å². The van der Waals surface area contributed by atoms with Crippen LogP contribution in [-0.4, -0.2) is 37.9 Å². The zero-order valence-electron chi connectivity index (χ0n) is 21.9. The Morgan fingerprint density at radius 1 is 1.18 bits per heavy atom. The SMILES string of the molecule is C=C/C=C(/c1ccncc1)c1cc(-c2n[nH]c3cnc(C4=CCN=CC(NC(=C)C(C)C)=C4)cc23)[nH]c1C. The number of aliphatic imine (C=N–C) groups is 1. The van der Waals surface area contributed by atoms with Gasteiger partial charge in [0.15, 0.2) is 0 Å². The molecule has 3 N–H and O–H groups in total. The molecule has 38 heavy (non-hydrogen) atoms. The van der Waals surface area contributed by atoms with Crippen LogP contribution < -0.4 is 5.32 Å². The van der Waals surface area contributed by atoms with E-state index in [1.165, 1.54) is 0 Å². The highest BCUT2D eigenvalue weighted by Gasteiger charge is 2.17. The third-order valence-electron chi connectivity index (χ3n) is 6.54. The minimum Gasteiger partial charge on any atom is -0.358 e. The van der Waals surface area contributed by atoms with Gasteiger partial charge in [-0.25, -0.2) is 0 Å². The van der Waals surface area contributed by atoms with Crippen LogP contribution in [0.5, 0.6) is 0 Å². The number of H-pyrrole nitrogens is 2. The van der Waals surface area contributed by atoms with Crippen molar-refractivity contribution >= 4 is 28.3 Å². The van der Waals surface area contributed by atoms with Crippen LogP contribution in [0.15, 0.2) is 96.7 Å². The molecule has 0 fully saturated rings. The topological polar surface area (TPSA) is 94.6 Å². The molecule has 4 aromatic rings. The highest BCUT2D eigenvalue weighted by molar-refractivity contribution is 5.96. The van der Waals surface area contributed by atoms with Crippen molar-refractivity contribution in [2.45, 2.75) is 20.8 Å². The maximum absolute atomic E-state index is 4.72. The number of aromatic nitrogens is 5. The van der Waals surface area contributed by atoms with Crippen LogP contribution in [0.4, 0.5) is 0 Å². The van der Waals surface area contributed by atoms with Crippen molar-refractivity contribution in [2.24, 2.45) is 10.9 Å². The Labute approximate surface area is 222 Å². The van der Waals surface area contributed by atoms with Gasteiger partial charge in [0, 0.05) is 46.5 Å². The average Bonchev–Trinajstić information content (AvgIpc) is 3.43. The van der Waals surface area contributed by atoms with Crippen molar-refractivity contribution in [1.29, 1.82) is 0 Å². The molecule has 0 atom stereocenters. The summed E-state index contributed by atoms with van der Waals surface area (Å²) in [6.45, 7) is 14.9. The van der Waals surface area contributed by atoms with Crippen LogP contribution in [0, 0.1) is 12.8 Å². The number of aromatic amines is 2. The predicted octanol–water partition coefficient (Wildman–Crippen LogP) is 6.39. The largest absolute Gasteiger partial charge is 0.358 e. The summed E-state index contributed by atoms with van der Waals surface area (Å²) in [5, 5.41) is 12.2. The van der Waals surface area contributed by atoms with Crippen LogP contribution >= 0.6 is 0 Å². The van der Waals surface area contributed by atoms with Crippen molar-refractivity contribution in [3.05, 3.63) is 114 Å². The van der Waals surface area contributed by atoms with Gasteiger partial charge in [0.05, 0.1) is 35.3 Å². The monoisotopic (exact) mass is 501 g/mol. The van der Waals surface area contributed by atoms with Gasteiger partial charge in [-0.2, -0.15) is 5.10 Å². The van der Waals surface area contributed by atoms with Gasteiger partial charge >= 0.3 is 0 Å². The average molecular weight is 502 g/mol. The first-order valence-corrected chi connectivity index (χ1v) is 12.6. The smallest absolute Gasteiger partial charge is 0.116 e. The molecule has 0 radical (unpaired) electrons. The number of nitrogens with zero attached hydrogens (tertiary/aromatic N) is 4. The lowest BCUT2D eigenvalue weighted by molar-refractivity contribution is 0.713. The lowest BCUT2D eigenvalue weighted by Crippen LogP contribution is -2.16. The molecular weight excluding hydrogens is 470 g/mol. The number of allylic oxidation sites excluding steroid dienone is 6. The van der Waals surface area contributed by atoms with Gasteiger partial charge < -0.3 is 10.3 Å². The van der Waals surface area contributed by atoms with Crippen molar-refractivity contribution in [3.63, 3.8) is 0 Å². The molecule has 0 amide bonds. The molecule has 7 nitrogen and oxygen atoms in total. The first kappa shape index (κ1) is 24.9. The fourth-order valence-corrected chi connectivity index (χ4v) is 4.38. The quantitative estimate of drug-likeness (QED) is 0.244. The first-order valence-electron chi connectivity index (χ1n) is 12.6. The van der Waals surface area contributed by atoms with E-state index in [-0.39, 0.29) is 0 Å². The summed E-state index contributed by atoms with van der Waals surface area (Å²) in [4.78, 5) is 16.9.